The Morgan fingerprint density at radius 3 is 2.48 bits per heavy atom. The molecular weight excluding hydrogens is 336 g/mol. The Kier molecular flexibility index (Phi) is 4.60. The SMILES string of the molecule is O=S(=O)(c1cccc(-c2nnc3n2CCCCC3)c1)N1CCCCC1. The lowest BCUT2D eigenvalue weighted by molar-refractivity contribution is 0.346. The zero-order valence-corrected chi connectivity index (χ0v) is 15.2. The molecule has 2 aromatic rings. The second-order valence-electron chi connectivity index (χ2n) is 6.89. The van der Waals surface area contributed by atoms with Gasteiger partial charge in [-0.15, -0.1) is 10.2 Å². The molecule has 134 valence electrons. The lowest BCUT2D eigenvalue weighted by atomic mass is 10.2. The summed E-state index contributed by atoms with van der Waals surface area (Å²) in [5.41, 5.74) is 0.832. The van der Waals surface area contributed by atoms with E-state index in [1.54, 1.807) is 16.4 Å². The van der Waals surface area contributed by atoms with Crippen molar-refractivity contribution < 1.29 is 8.42 Å². The van der Waals surface area contributed by atoms with E-state index in [1.807, 2.05) is 12.1 Å². The molecule has 1 aromatic heterocycles. The molecule has 2 aliphatic rings. The van der Waals surface area contributed by atoms with Gasteiger partial charge in [-0.3, -0.25) is 0 Å². The van der Waals surface area contributed by atoms with Gasteiger partial charge in [0.2, 0.25) is 10.0 Å². The second kappa shape index (κ2) is 6.88. The van der Waals surface area contributed by atoms with Gasteiger partial charge in [0.15, 0.2) is 5.82 Å². The fourth-order valence-electron chi connectivity index (χ4n) is 3.75. The molecule has 0 radical (unpaired) electrons. The van der Waals surface area contributed by atoms with Crippen LogP contribution in [0.5, 0.6) is 0 Å². The normalized spacial score (nSPS) is 19.4. The van der Waals surface area contributed by atoms with Crippen LogP contribution in [0.4, 0.5) is 0 Å². The minimum absolute atomic E-state index is 0.359. The number of piperidine rings is 1. The second-order valence-corrected chi connectivity index (χ2v) is 8.83. The first kappa shape index (κ1) is 16.7. The van der Waals surface area contributed by atoms with Crippen LogP contribution < -0.4 is 0 Å². The summed E-state index contributed by atoms with van der Waals surface area (Å²) in [4.78, 5) is 0.359. The summed E-state index contributed by atoms with van der Waals surface area (Å²) in [5, 5.41) is 8.68. The average molecular weight is 360 g/mol. The van der Waals surface area contributed by atoms with E-state index in [0.717, 1.165) is 62.3 Å². The summed E-state index contributed by atoms with van der Waals surface area (Å²) in [5.74, 6) is 1.80. The van der Waals surface area contributed by atoms with Crippen molar-refractivity contribution in [3.8, 4) is 11.4 Å². The van der Waals surface area contributed by atoms with Crippen LogP contribution in [0, 0.1) is 0 Å². The summed E-state index contributed by atoms with van der Waals surface area (Å²) in [6.07, 6.45) is 7.39. The lowest BCUT2D eigenvalue weighted by Crippen LogP contribution is -2.35. The Bertz CT molecular complexity index is 854. The van der Waals surface area contributed by atoms with E-state index in [0.29, 0.717) is 18.0 Å². The Labute approximate surface area is 148 Å². The molecule has 7 heteroatoms. The first-order valence-corrected chi connectivity index (χ1v) is 10.6. The molecule has 25 heavy (non-hydrogen) atoms. The average Bonchev–Trinajstić information content (AvgIpc) is 2.91. The van der Waals surface area contributed by atoms with Gasteiger partial charge in [-0.25, -0.2) is 8.42 Å². The van der Waals surface area contributed by atoms with E-state index < -0.39 is 10.0 Å². The van der Waals surface area contributed by atoms with Crippen molar-refractivity contribution in [2.24, 2.45) is 0 Å². The fourth-order valence-corrected chi connectivity index (χ4v) is 5.31. The van der Waals surface area contributed by atoms with E-state index in [4.69, 9.17) is 0 Å². The molecular formula is C18H24N4O2S. The number of nitrogens with zero attached hydrogens (tertiary/aromatic N) is 4. The molecule has 0 atom stereocenters. The number of fused-ring (bicyclic) bond motifs is 1. The number of aryl methyl sites for hydroxylation is 1. The third-order valence-electron chi connectivity index (χ3n) is 5.15. The quantitative estimate of drug-likeness (QED) is 0.844. The van der Waals surface area contributed by atoms with E-state index in [1.165, 1.54) is 6.42 Å². The maximum Gasteiger partial charge on any atom is 0.243 e. The number of sulfonamides is 1. The molecule has 0 aliphatic carbocycles. The highest BCUT2D eigenvalue weighted by Crippen LogP contribution is 2.27. The molecule has 1 fully saturated rings. The van der Waals surface area contributed by atoms with Gasteiger partial charge in [0.25, 0.3) is 0 Å². The van der Waals surface area contributed by atoms with Crippen molar-refractivity contribution in [1.82, 2.24) is 19.1 Å². The topological polar surface area (TPSA) is 68.1 Å². The van der Waals surface area contributed by atoms with Gasteiger partial charge in [0, 0.05) is 31.6 Å². The van der Waals surface area contributed by atoms with Gasteiger partial charge in [-0.05, 0) is 37.8 Å². The molecule has 2 aliphatic heterocycles. The first-order valence-electron chi connectivity index (χ1n) is 9.19. The molecule has 4 rings (SSSR count). The van der Waals surface area contributed by atoms with Gasteiger partial charge in [-0.2, -0.15) is 4.31 Å². The Morgan fingerprint density at radius 1 is 0.880 bits per heavy atom. The lowest BCUT2D eigenvalue weighted by Gasteiger charge is -2.26. The fraction of sp³-hybridized carbons (Fsp3) is 0.556. The summed E-state index contributed by atoms with van der Waals surface area (Å²) in [6, 6.07) is 7.18. The summed E-state index contributed by atoms with van der Waals surface area (Å²) < 4.78 is 29.6. The minimum Gasteiger partial charge on any atom is -0.311 e. The maximum absolute atomic E-state index is 12.9. The first-order chi connectivity index (χ1) is 12.2. The number of benzene rings is 1. The van der Waals surface area contributed by atoms with Crippen LogP contribution in [0.1, 0.15) is 44.3 Å². The molecule has 0 spiro atoms. The summed E-state index contributed by atoms with van der Waals surface area (Å²) in [6.45, 7) is 2.14. The van der Waals surface area contributed by atoms with Crippen LogP contribution >= 0.6 is 0 Å². The van der Waals surface area contributed by atoms with Crippen molar-refractivity contribution in [3.05, 3.63) is 30.1 Å². The van der Waals surface area contributed by atoms with E-state index in [2.05, 4.69) is 14.8 Å². The molecule has 0 N–H and O–H groups in total. The molecule has 0 amide bonds. The van der Waals surface area contributed by atoms with Crippen LogP contribution in [0.3, 0.4) is 0 Å². The van der Waals surface area contributed by atoms with Crippen molar-refractivity contribution in [2.45, 2.75) is 56.4 Å². The van der Waals surface area contributed by atoms with E-state index in [-0.39, 0.29) is 0 Å². The molecule has 0 saturated carbocycles. The van der Waals surface area contributed by atoms with E-state index in [9.17, 15) is 8.42 Å². The number of hydrogen-bond acceptors (Lipinski definition) is 4. The Hall–Kier alpha value is -1.73. The molecule has 0 unspecified atom stereocenters. The Balaban J connectivity index is 1.69. The molecule has 1 saturated heterocycles. The van der Waals surface area contributed by atoms with Crippen molar-refractivity contribution >= 4 is 10.0 Å². The Morgan fingerprint density at radius 2 is 1.64 bits per heavy atom. The number of aromatic nitrogens is 3. The van der Waals surface area contributed by atoms with Crippen LogP contribution in [0.2, 0.25) is 0 Å². The number of rotatable bonds is 3. The van der Waals surface area contributed by atoms with Gasteiger partial charge < -0.3 is 4.57 Å². The van der Waals surface area contributed by atoms with E-state index >= 15 is 0 Å². The minimum atomic E-state index is -3.43. The van der Waals surface area contributed by atoms with Crippen molar-refractivity contribution in [1.29, 1.82) is 0 Å². The predicted octanol–water partition coefficient (Wildman–Crippen LogP) is 2.85. The molecule has 1 aromatic carbocycles. The van der Waals surface area contributed by atoms with Crippen LogP contribution in [0.25, 0.3) is 11.4 Å². The van der Waals surface area contributed by atoms with Crippen LogP contribution in [0.15, 0.2) is 29.2 Å². The summed E-state index contributed by atoms with van der Waals surface area (Å²) >= 11 is 0. The highest BCUT2D eigenvalue weighted by molar-refractivity contribution is 7.89. The zero-order valence-electron chi connectivity index (χ0n) is 14.4. The number of hydrogen-bond donors (Lipinski definition) is 0. The smallest absolute Gasteiger partial charge is 0.243 e. The van der Waals surface area contributed by atoms with Gasteiger partial charge >= 0.3 is 0 Å². The standard InChI is InChI=1S/C18H24N4O2S/c23-25(24,21-11-4-2-5-12-21)16-9-7-8-15(14-16)18-20-19-17-10-3-1-6-13-22(17)18/h7-9,14H,1-6,10-13H2. The highest BCUT2D eigenvalue weighted by Gasteiger charge is 2.26. The predicted molar refractivity (Wildman–Crippen MR) is 95.6 cm³/mol. The largest absolute Gasteiger partial charge is 0.311 e. The van der Waals surface area contributed by atoms with Gasteiger partial charge in [-0.1, -0.05) is 25.0 Å². The molecule has 0 bridgehead atoms. The van der Waals surface area contributed by atoms with Crippen LogP contribution in [-0.2, 0) is 23.0 Å². The van der Waals surface area contributed by atoms with Gasteiger partial charge in [0.1, 0.15) is 5.82 Å². The molecule has 6 nitrogen and oxygen atoms in total. The van der Waals surface area contributed by atoms with Gasteiger partial charge in [0.05, 0.1) is 4.90 Å². The highest BCUT2D eigenvalue weighted by atomic mass is 32.2. The zero-order chi connectivity index (χ0) is 17.3. The third-order valence-corrected chi connectivity index (χ3v) is 7.05. The maximum atomic E-state index is 12.9. The van der Waals surface area contributed by atoms with Crippen molar-refractivity contribution in [3.63, 3.8) is 0 Å². The van der Waals surface area contributed by atoms with Crippen molar-refractivity contribution in [2.75, 3.05) is 13.1 Å². The molecule has 3 heterocycles. The van der Waals surface area contributed by atoms with Crippen LogP contribution in [-0.4, -0.2) is 40.6 Å². The third kappa shape index (κ3) is 3.22. The monoisotopic (exact) mass is 360 g/mol. The summed E-state index contributed by atoms with van der Waals surface area (Å²) in [7, 11) is -3.43.